The van der Waals surface area contributed by atoms with E-state index < -0.39 is 6.10 Å². The van der Waals surface area contributed by atoms with Gasteiger partial charge in [-0.3, -0.25) is 9.48 Å². The van der Waals surface area contributed by atoms with Gasteiger partial charge < -0.3 is 14.6 Å². The fourth-order valence-corrected chi connectivity index (χ4v) is 5.02. The molecule has 140 valence electrons. The highest BCUT2D eigenvalue weighted by atomic mass is 16.3. The highest BCUT2D eigenvalue weighted by molar-refractivity contribution is 6.07. The van der Waals surface area contributed by atoms with E-state index in [4.69, 9.17) is 0 Å². The molecule has 3 aromatic rings. The molecule has 5 rings (SSSR count). The lowest BCUT2D eigenvalue weighted by Gasteiger charge is -2.35. The largest absolute Gasteiger partial charge is 0.391 e. The van der Waals surface area contributed by atoms with E-state index in [9.17, 15) is 9.90 Å². The fraction of sp³-hybridized carbons (Fsp3) is 0.429. The standard InChI is InChI=1S/C21H24N4O2/c1-23-13-17(16-5-2-3-6-18(16)23)21(27)24-11-14-9-19(25-8-4-7-22-25)20(26)10-15(14)12-24/h2-8,13-15,19-20,26H,9-12H2,1H3/t14-,15+,19-,20-/m1/s1. The van der Waals surface area contributed by atoms with Crippen LogP contribution < -0.4 is 0 Å². The Balaban J connectivity index is 1.38. The Morgan fingerprint density at radius 1 is 1.15 bits per heavy atom. The van der Waals surface area contributed by atoms with Gasteiger partial charge in [0, 0.05) is 49.6 Å². The minimum atomic E-state index is -0.404. The molecule has 2 aromatic heterocycles. The first kappa shape index (κ1) is 16.6. The zero-order chi connectivity index (χ0) is 18.5. The van der Waals surface area contributed by atoms with Crippen LogP contribution in [0.4, 0.5) is 0 Å². The minimum Gasteiger partial charge on any atom is -0.391 e. The summed E-state index contributed by atoms with van der Waals surface area (Å²) in [6.07, 6.45) is 6.81. The topological polar surface area (TPSA) is 63.3 Å². The number of nitrogens with zero attached hydrogens (tertiary/aromatic N) is 4. The van der Waals surface area contributed by atoms with E-state index >= 15 is 0 Å². The minimum absolute atomic E-state index is 0.00820. The van der Waals surface area contributed by atoms with Crippen molar-refractivity contribution >= 4 is 16.8 Å². The third-order valence-corrected chi connectivity index (χ3v) is 6.39. The smallest absolute Gasteiger partial charge is 0.256 e. The van der Waals surface area contributed by atoms with Gasteiger partial charge >= 0.3 is 0 Å². The number of benzene rings is 1. The summed E-state index contributed by atoms with van der Waals surface area (Å²) in [5.41, 5.74) is 1.85. The number of para-hydroxylation sites is 1. The normalized spacial score (nSPS) is 27.9. The van der Waals surface area contributed by atoms with Crippen LogP contribution in [0.15, 0.2) is 48.9 Å². The monoisotopic (exact) mass is 364 g/mol. The molecule has 0 spiro atoms. The Morgan fingerprint density at radius 3 is 2.70 bits per heavy atom. The maximum Gasteiger partial charge on any atom is 0.256 e. The van der Waals surface area contributed by atoms with Crippen LogP contribution in [-0.4, -0.2) is 49.5 Å². The number of rotatable bonds is 2. The summed E-state index contributed by atoms with van der Waals surface area (Å²) in [5, 5.41) is 15.9. The number of aromatic nitrogens is 3. The molecule has 2 aliphatic rings. The predicted molar refractivity (Wildman–Crippen MR) is 102 cm³/mol. The van der Waals surface area contributed by atoms with Gasteiger partial charge in [0.05, 0.1) is 17.7 Å². The van der Waals surface area contributed by atoms with E-state index in [-0.39, 0.29) is 11.9 Å². The molecular weight excluding hydrogens is 340 g/mol. The van der Waals surface area contributed by atoms with Crippen LogP contribution in [-0.2, 0) is 7.05 Å². The molecule has 27 heavy (non-hydrogen) atoms. The van der Waals surface area contributed by atoms with Gasteiger partial charge in [-0.1, -0.05) is 18.2 Å². The quantitative estimate of drug-likeness (QED) is 0.760. The summed E-state index contributed by atoms with van der Waals surface area (Å²) in [6, 6.07) is 9.94. The number of fused-ring (bicyclic) bond motifs is 2. The number of aryl methyl sites for hydroxylation is 1. The molecule has 0 radical (unpaired) electrons. The van der Waals surface area contributed by atoms with Crippen molar-refractivity contribution in [2.45, 2.75) is 25.0 Å². The molecule has 1 amide bonds. The van der Waals surface area contributed by atoms with Gasteiger partial charge in [0.1, 0.15) is 0 Å². The molecule has 1 aliphatic heterocycles. The number of aliphatic hydroxyl groups excluding tert-OH is 1. The highest BCUT2D eigenvalue weighted by Gasteiger charge is 2.44. The molecule has 0 bridgehead atoms. The Bertz CT molecular complexity index is 977. The van der Waals surface area contributed by atoms with Gasteiger partial charge in [0.15, 0.2) is 0 Å². The van der Waals surface area contributed by atoms with Crippen molar-refractivity contribution in [1.29, 1.82) is 0 Å². The fourth-order valence-electron chi connectivity index (χ4n) is 5.02. The van der Waals surface area contributed by atoms with Crippen LogP contribution in [0.25, 0.3) is 10.9 Å². The van der Waals surface area contributed by atoms with Crippen molar-refractivity contribution in [3.63, 3.8) is 0 Å². The molecule has 3 heterocycles. The summed E-state index contributed by atoms with van der Waals surface area (Å²) in [7, 11) is 1.98. The van der Waals surface area contributed by atoms with Gasteiger partial charge in [-0.25, -0.2) is 0 Å². The summed E-state index contributed by atoms with van der Waals surface area (Å²) in [4.78, 5) is 15.2. The average molecular weight is 364 g/mol. The SMILES string of the molecule is Cn1cc(C(=O)N2C[C@H]3C[C@@H](n4cccn4)[C@H](O)C[C@H]3C2)c2ccccc21. The third kappa shape index (κ3) is 2.67. The molecule has 1 N–H and O–H groups in total. The molecule has 6 nitrogen and oxygen atoms in total. The van der Waals surface area contributed by atoms with Crippen molar-refractivity contribution < 1.29 is 9.90 Å². The zero-order valence-corrected chi connectivity index (χ0v) is 15.4. The zero-order valence-electron chi connectivity index (χ0n) is 15.4. The number of amides is 1. The molecule has 1 aliphatic carbocycles. The van der Waals surface area contributed by atoms with Crippen LogP contribution in [0.2, 0.25) is 0 Å². The van der Waals surface area contributed by atoms with Gasteiger partial charge in [0.2, 0.25) is 0 Å². The van der Waals surface area contributed by atoms with E-state index in [1.165, 1.54) is 0 Å². The van der Waals surface area contributed by atoms with E-state index in [1.54, 1.807) is 6.20 Å². The summed E-state index contributed by atoms with van der Waals surface area (Å²) >= 11 is 0. The van der Waals surface area contributed by atoms with Crippen LogP contribution in [0.3, 0.4) is 0 Å². The van der Waals surface area contributed by atoms with Gasteiger partial charge in [-0.05, 0) is 36.8 Å². The van der Waals surface area contributed by atoms with Crippen LogP contribution in [0, 0.1) is 11.8 Å². The lowest BCUT2D eigenvalue weighted by molar-refractivity contribution is 0.0306. The van der Waals surface area contributed by atoms with Crippen LogP contribution in [0.1, 0.15) is 29.2 Å². The molecule has 1 aromatic carbocycles. The van der Waals surface area contributed by atoms with Crippen molar-refractivity contribution in [3.8, 4) is 0 Å². The van der Waals surface area contributed by atoms with Gasteiger partial charge in [-0.2, -0.15) is 5.10 Å². The maximum atomic E-state index is 13.2. The molecule has 2 fully saturated rings. The van der Waals surface area contributed by atoms with Crippen molar-refractivity contribution in [3.05, 3.63) is 54.5 Å². The Labute approximate surface area is 158 Å². The average Bonchev–Trinajstić information content (AvgIpc) is 3.39. The second kappa shape index (κ2) is 6.23. The second-order valence-corrected chi connectivity index (χ2v) is 7.99. The Hall–Kier alpha value is -2.60. The van der Waals surface area contributed by atoms with E-state index in [0.717, 1.165) is 42.4 Å². The molecule has 6 heteroatoms. The summed E-state index contributed by atoms with van der Waals surface area (Å²) in [5.74, 6) is 0.888. The lowest BCUT2D eigenvalue weighted by atomic mass is 9.77. The number of aliphatic hydroxyl groups is 1. The first-order chi connectivity index (χ1) is 13.1. The highest BCUT2D eigenvalue weighted by Crippen LogP contribution is 2.41. The Kier molecular flexibility index (Phi) is 3.82. The molecular formula is C21H24N4O2. The van der Waals surface area contributed by atoms with Crippen molar-refractivity contribution in [1.82, 2.24) is 19.2 Å². The number of hydrogen-bond donors (Lipinski definition) is 1. The second-order valence-electron chi connectivity index (χ2n) is 7.99. The third-order valence-electron chi connectivity index (χ3n) is 6.39. The molecule has 4 atom stereocenters. The molecule has 1 saturated carbocycles. The Morgan fingerprint density at radius 2 is 1.93 bits per heavy atom. The predicted octanol–water partition coefficient (Wildman–Crippen LogP) is 2.46. The van der Waals surface area contributed by atoms with E-state index in [1.807, 2.05) is 63.9 Å². The first-order valence-electron chi connectivity index (χ1n) is 9.62. The van der Waals surface area contributed by atoms with Crippen LogP contribution in [0.5, 0.6) is 0 Å². The van der Waals surface area contributed by atoms with E-state index in [0.29, 0.717) is 11.8 Å². The van der Waals surface area contributed by atoms with Crippen LogP contribution >= 0.6 is 0 Å². The van der Waals surface area contributed by atoms with Gasteiger partial charge in [-0.15, -0.1) is 0 Å². The summed E-state index contributed by atoms with van der Waals surface area (Å²) < 4.78 is 3.89. The van der Waals surface area contributed by atoms with E-state index in [2.05, 4.69) is 5.10 Å². The van der Waals surface area contributed by atoms with Crippen molar-refractivity contribution in [2.75, 3.05) is 13.1 Å². The lowest BCUT2D eigenvalue weighted by Crippen LogP contribution is -2.36. The van der Waals surface area contributed by atoms with Crippen molar-refractivity contribution in [2.24, 2.45) is 18.9 Å². The summed E-state index contributed by atoms with van der Waals surface area (Å²) in [6.45, 7) is 1.49. The number of carbonyl (C=O) groups is 1. The maximum absolute atomic E-state index is 13.2. The first-order valence-corrected chi connectivity index (χ1v) is 9.62. The number of hydrogen-bond acceptors (Lipinski definition) is 3. The van der Waals surface area contributed by atoms with Gasteiger partial charge in [0.25, 0.3) is 5.91 Å². The number of carbonyl (C=O) groups excluding carboxylic acids is 1. The molecule has 0 unspecified atom stereocenters. The molecule has 1 saturated heterocycles. The number of likely N-dealkylation sites (tertiary alicyclic amines) is 1.